The largest absolute Gasteiger partial charge is 0.467 e. The zero-order chi connectivity index (χ0) is 8.91. The van der Waals surface area contributed by atoms with Gasteiger partial charge in [0.1, 0.15) is 0 Å². The third-order valence-electron chi connectivity index (χ3n) is 1.13. The van der Waals surface area contributed by atoms with Gasteiger partial charge in [0.25, 0.3) is 0 Å². The van der Waals surface area contributed by atoms with Crippen molar-refractivity contribution in [2.75, 3.05) is 13.7 Å². The normalized spacial score (nSPS) is 12.0. The highest BCUT2D eigenvalue weighted by molar-refractivity contribution is 5.82. The van der Waals surface area contributed by atoms with Crippen molar-refractivity contribution in [2.45, 2.75) is 13.8 Å². The first-order chi connectivity index (χ1) is 5.02. The van der Waals surface area contributed by atoms with Crippen LogP contribution in [0.25, 0.3) is 0 Å². The standard InChI is InChI=1S/C7H14N2O2/c1-7(2,5-10)4-9-6(8)11-3/h4,8,10H,5H2,1-3H3/b8-6?,9-4-. The van der Waals surface area contributed by atoms with Gasteiger partial charge in [0.2, 0.25) is 0 Å². The van der Waals surface area contributed by atoms with Crippen molar-refractivity contribution >= 4 is 12.2 Å². The summed E-state index contributed by atoms with van der Waals surface area (Å²) in [6.45, 7) is 3.65. The van der Waals surface area contributed by atoms with E-state index < -0.39 is 0 Å². The molecule has 0 spiro atoms. The van der Waals surface area contributed by atoms with Crippen LogP contribution in [0.5, 0.6) is 0 Å². The molecule has 64 valence electrons. The molecule has 0 radical (unpaired) electrons. The van der Waals surface area contributed by atoms with Crippen LogP contribution in [-0.4, -0.2) is 31.1 Å². The first-order valence-electron chi connectivity index (χ1n) is 3.30. The molecule has 11 heavy (non-hydrogen) atoms. The maximum Gasteiger partial charge on any atom is 0.308 e. The van der Waals surface area contributed by atoms with Gasteiger partial charge in [-0.25, -0.2) is 10.4 Å². The summed E-state index contributed by atoms with van der Waals surface area (Å²) in [7, 11) is 1.38. The van der Waals surface area contributed by atoms with Gasteiger partial charge in [-0.3, -0.25) is 0 Å². The highest BCUT2D eigenvalue weighted by Crippen LogP contribution is 2.08. The van der Waals surface area contributed by atoms with Crippen molar-refractivity contribution in [3.05, 3.63) is 0 Å². The number of nitrogens with one attached hydrogen (secondary N) is 1. The van der Waals surface area contributed by atoms with E-state index >= 15 is 0 Å². The second kappa shape index (κ2) is 4.08. The molecule has 0 rings (SSSR count). The Hall–Kier alpha value is -0.900. The second-order valence-electron chi connectivity index (χ2n) is 2.91. The van der Waals surface area contributed by atoms with E-state index in [4.69, 9.17) is 10.5 Å². The second-order valence-corrected chi connectivity index (χ2v) is 2.91. The number of amidine groups is 1. The van der Waals surface area contributed by atoms with E-state index in [1.54, 1.807) is 0 Å². The average molecular weight is 158 g/mol. The minimum absolute atomic E-state index is 0.00743. The maximum absolute atomic E-state index is 8.78. The van der Waals surface area contributed by atoms with Crippen molar-refractivity contribution in [1.82, 2.24) is 0 Å². The molecule has 2 N–H and O–H groups in total. The first-order valence-corrected chi connectivity index (χ1v) is 3.30. The van der Waals surface area contributed by atoms with E-state index in [1.807, 2.05) is 13.8 Å². The lowest BCUT2D eigenvalue weighted by Crippen LogP contribution is -2.19. The molecule has 0 bridgehead atoms. The molecule has 0 unspecified atom stereocenters. The monoisotopic (exact) mass is 158 g/mol. The van der Waals surface area contributed by atoms with E-state index in [0.717, 1.165) is 0 Å². The smallest absolute Gasteiger partial charge is 0.308 e. The molecule has 0 aromatic carbocycles. The van der Waals surface area contributed by atoms with Crippen molar-refractivity contribution in [3.8, 4) is 0 Å². The van der Waals surface area contributed by atoms with Gasteiger partial charge in [-0.2, -0.15) is 0 Å². The molecule has 0 saturated carbocycles. The molecule has 4 heteroatoms. The number of methoxy groups -OCH3 is 1. The zero-order valence-corrected chi connectivity index (χ0v) is 7.09. The minimum atomic E-state index is -0.384. The Bertz CT molecular complexity index is 164. The predicted octanol–water partition coefficient (Wildman–Crippen LogP) is 0.657. The Morgan fingerprint density at radius 3 is 2.64 bits per heavy atom. The lowest BCUT2D eigenvalue weighted by molar-refractivity contribution is 0.216. The topological polar surface area (TPSA) is 65.7 Å². The summed E-state index contributed by atoms with van der Waals surface area (Å²) in [5.74, 6) is 0. The van der Waals surface area contributed by atoms with Crippen LogP contribution in [0.4, 0.5) is 0 Å². The van der Waals surface area contributed by atoms with Gasteiger partial charge in [-0.1, -0.05) is 13.8 Å². The Kier molecular flexibility index (Phi) is 3.74. The van der Waals surface area contributed by atoms with Crippen LogP contribution in [0.1, 0.15) is 13.8 Å². The molecule has 0 aliphatic rings. The van der Waals surface area contributed by atoms with Crippen molar-refractivity contribution < 1.29 is 9.84 Å². The van der Waals surface area contributed by atoms with Crippen molar-refractivity contribution in [2.24, 2.45) is 10.4 Å². The molecule has 4 nitrogen and oxygen atoms in total. The number of hydrogen-bond acceptors (Lipinski definition) is 3. The van der Waals surface area contributed by atoms with Gasteiger partial charge in [-0.05, 0) is 0 Å². The highest BCUT2D eigenvalue weighted by Gasteiger charge is 2.12. The summed E-state index contributed by atoms with van der Waals surface area (Å²) in [6.07, 6.45) is 1.50. The third-order valence-corrected chi connectivity index (χ3v) is 1.13. The van der Waals surface area contributed by atoms with Crippen molar-refractivity contribution in [1.29, 1.82) is 5.41 Å². The minimum Gasteiger partial charge on any atom is -0.467 e. The molecular formula is C7H14N2O2. The lowest BCUT2D eigenvalue weighted by atomic mass is 9.97. The predicted molar refractivity (Wildman–Crippen MR) is 44.1 cm³/mol. The summed E-state index contributed by atoms with van der Waals surface area (Å²) >= 11 is 0. The van der Waals surface area contributed by atoms with Crippen LogP contribution in [0.15, 0.2) is 4.99 Å². The van der Waals surface area contributed by atoms with Gasteiger partial charge in [0, 0.05) is 11.6 Å². The first kappa shape index (κ1) is 10.1. The zero-order valence-electron chi connectivity index (χ0n) is 7.09. The molecule has 0 aromatic heterocycles. The van der Waals surface area contributed by atoms with E-state index in [2.05, 4.69) is 9.73 Å². The van der Waals surface area contributed by atoms with E-state index in [1.165, 1.54) is 13.3 Å². The molecule has 0 amide bonds. The molecule has 0 aliphatic heterocycles. The number of aliphatic hydroxyl groups is 1. The number of aliphatic imine (C=N–C) groups is 1. The molecule has 0 heterocycles. The molecule has 0 atom stereocenters. The summed E-state index contributed by atoms with van der Waals surface area (Å²) in [5.41, 5.74) is -0.384. The van der Waals surface area contributed by atoms with Crippen LogP contribution >= 0.6 is 0 Å². The Balaban J connectivity index is 4.01. The molecule has 0 fully saturated rings. The van der Waals surface area contributed by atoms with E-state index in [0.29, 0.717) is 0 Å². The molecule has 0 aromatic rings. The van der Waals surface area contributed by atoms with E-state index in [9.17, 15) is 0 Å². The van der Waals surface area contributed by atoms with Crippen LogP contribution in [0.3, 0.4) is 0 Å². The fourth-order valence-corrected chi connectivity index (χ4v) is 0.327. The number of ether oxygens (including phenoxy) is 1. The number of hydrogen-bond donors (Lipinski definition) is 2. The summed E-state index contributed by atoms with van der Waals surface area (Å²) in [6, 6.07) is -0.147. The van der Waals surface area contributed by atoms with Crippen LogP contribution in [0.2, 0.25) is 0 Å². The van der Waals surface area contributed by atoms with Crippen LogP contribution in [0, 0.1) is 10.8 Å². The maximum atomic E-state index is 8.78. The van der Waals surface area contributed by atoms with E-state index in [-0.39, 0.29) is 18.0 Å². The quantitative estimate of drug-likeness (QED) is 0.458. The summed E-state index contributed by atoms with van der Waals surface area (Å²) < 4.78 is 4.49. The summed E-state index contributed by atoms with van der Waals surface area (Å²) in [4.78, 5) is 3.66. The number of rotatable bonds is 2. The lowest BCUT2D eigenvalue weighted by Gasteiger charge is -2.13. The van der Waals surface area contributed by atoms with Gasteiger partial charge >= 0.3 is 6.02 Å². The molecular weight excluding hydrogens is 144 g/mol. The average Bonchev–Trinajstić information content (AvgIpc) is 2.00. The highest BCUT2D eigenvalue weighted by atomic mass is 16.5. The van der Waals surface area contributed by atoms with Crippen LogP contribution in [-0.2, 0) is 4.74 Å². The Morgan fingerprint density at radius 2 is 2.27 bits per heavy atom. The van der Waals surface area contributed by atoms with Gasteiger partial charge in [-0.15, -0.1) is 0 Å². The number of nitrogens with zero attached hydrogens (tertiary/aromatic N) is 1. The summed E-state index contributed by atoms with van der Waals surface area (Å²) in [5, 5.41) is 15.8. The fraction of sp³-hybridized carbons (Fsp3) is 0.714. The van der Waals surface area contributed by atoms with Crippen LogP contribution < -0.4 is 0 Å². The SMILES string of the molecule is COC(=N)/N=C\C(C)(C)CO. The molecule has 0 saturated heterocycles. The van der Waals surface area contributed by atoms with Gasteiger partial charge < -0.3 is 9.84 Å². The fourth-order valence-electron chi connectivity index (χ4n) is 0.327. The van der Waals surface area contributed by atoms with Crippen molar-refractivity contribution in [3.63, 3.8) is 0 Å². The van der Waals surface area contributed by atoms with Gasteiger partial charge in [0.05, 0.1) is 13.7 Å². The third kappa shape index (κ3) is 4.50. The number of aliphatic hydroxyl groups excluding tert-OH is 1. The Labute approximate surface area is 66.4 Å². The Morgan fingerprint density at radius 1 is 1.73 bits per heavy atom. The van der Waals surface area contributed by atoms with Gasteiger partial charge in [0.15, 0.2) is 0 Å². The molecule has 0 aliphatic carbocycles.